The molecule has 0 aliphatic carbocycles. The van der Waals surface area contributed by atoms with Crippen LogP contribution in [0.5, 0.6) is 0 Å². The molecule has 0 aliphatic rings. The lowest BCUT2D eigenvalue weighted by Gasteiger charge is -2.22. The van der Waals surface area contributed by atoms with Crippen LogP contribution in [0.4, 0.5) is 13.2 Å². The van der Waals surface area contributed by atoms with Crippen molar-refractivity contribution in [2.45, 2.75) is 32.9 Å². The lowest BCUT2D eigenvalue weighted by atomic mass is 10.3. The van der Waals surface area contributed by atoms with E-state index in [-0.39, 0.29) is 12.4 Å². The summed E-state index contributed by atoms with van der Waals surface area (Å²) in [6, 6.07) is 0. The van der Waals surface area contributed by atoms with E-state index in [1.54, 1.807) is 6.92 Å². The minimum atomic E-state index is -4.42. The summed E-state index contributed by atoms with van der Waals surface area (Å²) in [6.07, 6.45) is -3.21. The van der Waals surface area contributed by atoms with E-state index in [1.807, 2.05) is 6.92 Å². The Labute approximate surface area is 102 Å². The molecule has 0 saturated heterocycles. The highest BCUT2D eigenvalue weighted by atomic mass is 19.4. The molecule has 1 aromatic rings. The molecule has 0 aliphatic heterocycles. The number of rotatable bonds is 5. The van der Waals surface area contributed by atoms with Crippen LogP contribution in [-0.2, 0) is 0 Å². The molecule has 0 radical (unpaired) electrons. The molecule has 1 heterocycles. The van der Waals surface area contributed by atoms with Gasteiger partial charge in [0, 0.05) is 6.54 Å². The van der Waals surface area contributed by atoms with E-state index >= 15 is 0 Å². The van der Waals surface area contributed by atoms with Crippen LogP contribution < -0.4 is 0 Å². The Hall–Kier alpha value is -1.60. The van der Waals surface area contributed by atoms with Crippen molar-refractivity contribution in [1.82, 2.24) is 20.1 Å². The normalized spacial score (nSPS) is 11.6. The summed E-state index contributed by atoms with van der Waals surface area (Å²) < 4.78 is 37.1. The average Bonchev–Trinajstić information content (AvgIpc) is 2.68. The fourth-order valence-corrected chi connectivity index (χ4v) is 1.40. The maximum atomic E-state index is 12.4. The zero-order valence-electron chi connectivity index (χ0n) is 10.2. The van der Waals surface area contributed by atoms with Crippen LogP contribution in [0.25, 0.3) is 0 Å². The molecule has 0 bridgehead atoms. The molecule has 0 saturated carbocycles. The van der Waals surface area contributed by atoms with Gasteiger partial charge in [0.2, 0.25) is 5.82 Å². The van der Waals surface area contributed by atoms with Gasteiger partial charge in [-0.2, -0.15) is 13.2 Å². The van der Waals surface area contributed by atoms with Crippen molar-refractivity contribution in [3.05, 3.63) is 11.6 Å². The van der Waals surface area contributed by atoms with Crippen LogP contribution in [0.2, 0.25) is 0 Å². The third-order valence-electron chi connectivity index (χ3n) is 2.23. The summed E-state index contributed by atoms with van der Waals surface area (Å²) in [5, 5.41) is 6.01. The van der Waals surface area contributed by atoms with Crippen molar-refractivity contribution >= 4 is 5.91 Å². The number of aryl methyl sites for hydroxylation is 1. The number of nitrogens with one attached hydrogen (secondary N) is 1. The van der Waals surface area contributed by atoms with E-state index in [0.29, 0.717) is 18.7 Å². The van der Waals surface area contributed by atoms with E-state index in [2.05, 4.69) is 15.2 Å². The summed E-state index contributed by atoms with van der Waals surface area (Å²) in [5.74, 6) is -0.640. The molecule has 1 amide bonds. The SMILES string of the molecule is CCCCN(CC(F)(F)F)C(=O)c1n[nH]c(C)n1. The van der Waals surface area contributed by atoms with E-state index in [0.717, 1.165) is 4.90 Å². The zero-order chi connectivity index (χ0) is 13.8. The Morgan fingerprint density at radius 3 is 2.56 bits per heavy atom. The van der Waals surface area contributed by atoms with Crippen molar-refractivity contribution in [3.63, 3.8) is 0 Å². The molecule has 0 spiro atoms. The largest absolute Gasteiger partial charge is 0.406 e. The van der Waals surface area contributed by atoms with E-state index in [9.17, 15) is 18.0 Å². The van der Waals surface area contributed by atoms with Crippen molar-refractivity contribution < 1.29 is 18.0 Å². The van der Waals surface area contributed by atoms with Gasteiger partial charge in [-0.05, 0) is 13.3 Å². The Morgan fingerprint density at radius 1 is 1.44 bits per heavy atom. The molecular weight excluding hydrogens is 249 g/mol. The first-order valence-corrected chi connectivity index (χ1v) is 5.58. The number of H-pyrrole nitrogens is 1. The van der Waals surface area contributed by atoms with Gasteiger partial charge in [0.25, 0.3) is 5.91 Å². The molecule has 1 aromatic heterocycles. The van der Waals surface area contributed by atoms with Crippen molar-refractivity contribution in [2.24, 2.45) is 0 Å². The predicted molar refractivity (Wildman–Crippen MR) is 58.0 cm³/mol. The first-order valence-electron chi connectivity index (χ1n) is 5.58. The van der Waals surface area contributed by atoms with Crippen LogP contribution in [0.15, 0.2) is 0 Å². The second-order valence-electron chi connectivity index (χ2n) is 3.94. The minimum absolute atomic E-state index is 0.0441. The average molecular weight is 264 g/mol. The highest BCUT2D eigenvalue weighted by Crippen LogP contribution is 2.18. The van der Waals surface area contributed by atoms with Crippen LogP contribution in [0.1, 0.15) is 36.2 Å². The number of carbonyl (C=O) groups is 1. The van der Waals surface area contributed by atoms with Gasteiger partial charge in [-0.3, -0.25) is 9.89 Å². The van der Waals surface area contributed by atoms with E-state index in [1.165, 1.54) is 0 Å². The molecule has 0 aromatic carbocycles. The van der Waals surface area contributed by atoms with Gasteiger partial charge in [-0.1, -0.05) is 13.3 Å². The topological polar surface area (TPSA) is 61.9 Å². The number of nitrogens with zero attached hydrogens (tertiary/aromatic N) is 3. The lowest BCUT2D eigenvalue weighted by molar-refractivity contribution is -0.140. The van der Waals surface area contributed by atoms with Gasteiger partial charge in [0.05, 0.1) is 0 Å². The minimum Gasteiger partial charge on any atom is -0.327 e. The lowest BCUT2D eigenvalue weighted by Crippen LogP contribution is -2.40. The summed E-state index contributed by atoms with van der Waals surface area (Å²) in [4.78, 5) is 16.3. The van der Waals surface area contributed by atoms with Gasteiger partial charge in [-0.25, -0.2) is 4.98 Å². The van der Waals surface area contributed by atoms with Gasteiger partial charge >= 0.3 is 6.18 Å². The second-order valence-corrected chi connectivity index (χ2v) is 3.94. The van der Waals surface area contributed by atoms with Gasteiger partial charge in [0.1, 0.15) is 12.4 Å². The van der Waals surface area contributed by atoms with Gasteiger partial charge in [-0.15, -0.1) is 5.10 Å². The molecule has 0 fully saturated rings. The number of hydrogen-bond acceptors (Lipinski definition) is 3. The fraction of sp³-hybridized carbons (Fsp3) is 0.700. The number of alkyl halides is 3. The molecule has 0 unspecified atom stereocenters. The number of aromatic nitrogens is 3. The zero-order valence-corrected chi connectivity index (χ0v) is 10.2. The van der Waals surface area contributed by atoms with Crippen molar-refractivity contribution in [2.75, 3.05) is 13.1 Å². The summed E-state index contributed by atoms with van der Waals surface area (Å²) in [6.45, 7) is 2.18. The highest BCUT2D eigenvalue weighted by Gasteiger charge is 2.34. The van der Waals surface area contributed by atoms with E-state index < -0.39 is 18.6 Å². The molecule has 5 nitrogen and oxygen atoms in total. The molecule has 1 rings (SSSR count). The second kappa shape index (κ2) is 5.83. The number of carbonyl (C=O) groups excluding carboxylic acids is 1. The molecule has 1 N–H and O–H groups in total. The Bertz CT molecular complexity index is 402. The monoisotopic (exact) mass is 264 g/mol. The van der Waals surface area contributed by atoms with Crippen LogP contribution in [-0.4, -0.2) is 45.3 Å². The summed E-state index contributed by atoms with van der Waals surface area (Å²) >= 11 is 0. The molecule has 0 atom stereocenters. The van der Waals surface area contributed by atoms with E-state index in [4.69, 9.17) is 0 Å². The van der Waals surface area contributed by atoms with Gasteiger partial charge < -0.3 is 4.90 Å². The maximum absolute atomic E-state index is 12.4. The number of aromatic amines is 1. The number of hydrogen-bond donors (Lipinski definition) is 1. The number of unbranched alkanes of at least 4 members (excludes halogenated alkanes) is 1. The Kier molecular flexibility index (Phi) is 4.69. The van der Waals surface area contributed by atoms with Crippen molar-refractivity contribution in [1.29, 1.82) is 0 Å². The molecular formula is C10H15F3N4O. The van der Waals surface area contributed by atoms with Crippen LogP contribution >= 0.6 is 0 Å². The standard InChI is InChI=1S/C10H15F3N4O/c1-3-4-5-17(6-10(11,12)13)9(18)8-14-7(2)15-16-8/h3-6H2,1-2H3,(H,14,15,16). The molecule has 18 heavy (non-hydrogen) atoms. The Morgan fingerprint density at radius 2 is 2.11 bits per heavy atom. The first-order chi connectivity index (χ1) is 8.33. The van der Waals surface area contributed by atoms with Crippen molar-refractivity contribution in [3.8, 4) is 0 Å². The third-order valence-corrected chi connectivity index (χ3v) is 2.23. The Balaban J connectivity index is 2.78. The highest BCUT2D eigenvalue weighted by molar-refractivity contribution is 5.90. The predicted octanol–water partition coefficient (Wildman–Crippen LogP) is 1.92. The maximum Gasteiger partial charge on any atom is 0.406 e. The summed E-state index contributed by atoms with van der Waals surface area (Å²) in [7, 11) is 0. The first kappa shape index (κ1) is 14.5. The van der Waals surface area contributed by atoms with Crippen LogP contribution in [0.3, 0.4) is 0 Å². The smallest absolute Gasteiger partial charge is 0.327 e. The summed E-state index contributed by atoms with van der Waals surface area (Å²) in [5.41, 5.74) is 0. The number of amides is 1. The van der Waals surface area contributed by atoms with Gasteiger partial charge in [0.15, 0.2) is 0 Å². The third kappa shape index (κ3) is 4.34. The molecule has 102 valence electrons. The quantitative estimate of drug-likeness (QED) is 0.883. The van der Waals surface area contributed by atoms with Crippen LogP contribution in [0, 0.1) is 6.92 Å². The fourth-order valence-electron chi connectivity index (χ4n) is 1.40. The number of halogens is 3. The molecule has 8 heteroatoms.